The van der Waals surface area contributed by atoms with Gasteiger partial charge in [0.1, 0.15) is 18.5 Å². The molecule has 2 heterocycles. The minimum absolute atomic E-state index is 0.0203. The molecule has 7 heteroatoms. The Morgan fingerprint density at radius 1 is 1.76 bits per heavy atom. The number of hydrogen-bond acceptors (Lipinski definition) is 5. The second-order valence-electron chi connectivity index (χ2n) is 3.76. The summed E-state index contributed by atoms with van der Waals surface area (Å²) in [7, 11) is 1.57. The van der Waals surface area contributed by atoms with Gasteiger partial charge >= 0.3 is 0 Å². The number of hydrogen-bond donors (Lipinski definition) is 1. The Morgan fingerprint density at radius 2 is 2.59 bits per heavy atom. The number of nitrogens with one attached hydrogen (secondary N) is 1. The van der Waals surface area contributed by atoms with Crippen molar-refractivity contribution < 1.29 is 19.0 Å². The summed E-state index contributed by atoms with van der Waals surface area (Å²) in [6.45, 7) is 2.76. The number of carbonyl (C=O) groups is 1. The normalized spacial score (nSPS) is 22.9. The Bertz CT molecular complexity index is 393. The number of aromatic nitrogens is 2. The highest BCUT2D eigenvalue weighted by atomic mass is 16.6. The molecule has 1 aliphatic heterocycles. The summed E-state index contributed by atoms with van der Waals surface area (Å²) in [6, 6.07) is 0. The van der Waals surface area contributed by atoms with E-state index in [4.69, 9.17) is 14.2 Å². The number of carbonyl (C=O) groups excluding carboxylic acids is 1. The van der Waals surface area contributed by atoms with Gasteiger partial charge < -0.3 is 19.5 Å². The number of ether oxygens (including phenoxy) is 3. The lowest BCUT2D eigenvalue weighted by atomic mass is 10.2. The van der Waals surface area contributed by atoms with Crippen LogP contribution >= 0.6 is 0 Å². The van der Waals surface area contributed by atoms with Crippen molar-refractivity contribution in [3.8, 4) is 5.88 Å². The van der Waals surface area contributed by atoms with E-state index in [-0.39, 0.29) is 12.2 Å². The maximum absolute atomic E-state index is 10.5. The largest absolute Gasteiger partial charge is 0.467 e. The van der Waals surface area contributed by atoms with Crippen molar-refractivity contribution >= 4 is 12.1 Å². The SMILES string of the molecule is COCn1cc(NC=O)c(O[C@H]2CO[C@@H]2C)n1. The van der Waals surface area contributed by atoms with Crippen molar-refractivity contribution in [2.75, 3.05) is 19.0 Å². The van der Waals surface area contributed by atoms with Gasteiger partial charge in [-0.2, -0.15) is 0 Å². The van der Waals surface area contributed by atoms with E-state index in [1.165, 1.54) is 0 Å². The second kappa shape index (κ2) is 5.15. The first-order chi connectivity index (χ1) is 8.24. The summed E-state index contributed by atoms with van der Waals surface area (Å²) in [4.78, 5) is 10.5. The zero-order valence-electron chi connectivity index (χ0n) is 9.75. The highest BCUT2D eigenvalue weighted by Crippen LogP contribution is 2.26. The molecule has 7 nitrogen and oxygen atoms in total. The van der Waals surface area contributed by atoms with Crippen LogP contribution in [0.4, 0.5) is 5.69 Å². The maximum atomic E-state index is 10.5. The Balaban J connectivity index is 2.09. The lowest BCUT2D eigenvalue weighted by Gasteiger charge is -2.33. The minimum atomic E-state index is -0.0203. The molecule has 0 spiro atoms. The molecule has 1 aromatic heterocycles. The summed E-state index contributed by atoms with van der Waals surface area (Å²) in [6.07, 6.45) is 2.26. The van der Waals surface area contributed by atoms with Crippen LogP contribution < -0.4 is 10.1 Å². The van der Waals surface area contributed by atoms with Crippen LogP contribution in [0.1, 0.15) is 6.92 Å². The van der Waals surface area contributed by atoms with Gasteiger partial charge in [-0.1, -0.05) is 0 Å². The molecule has 17 heavy (non-hydrogen) atoms. The number of amides is 1. The van der Waals surface area contributed by atoms with Gasteiger partial charge in [0, 0.05) is 7.11 Å². The second-order valence-corrected chi connectivity index (χ2v) is 3.76. The number of anilines is 1. The van der Waals surface area contributed by atoms with E-state index < -0.39 is 0 Å². The molecule has 0 radical (unpaired) electrons. The zero-order chi connectivity index (χ0) is 12.3. The van der Waals surface area contributed by atoms with E-state index in [2.05, 4.69) is 10.4 Å². The van der Waals surface area contributed by atoms with Gasteiger partial charge in [-0.05, 0) is 6.92 Å². The Hall–Kier alpha value is -1.60. The smallest absolute Gasteiger partial charge is 0.257 e. The van der Waals surface area contributed by atoms with Crippen LogP contribution in [-0.2, 0) is 21.0 Å². The van der Waals surface area contributed by atoms with Crippen LogP contribution in [0.3, 0.4) is 0 Å². The van der Waals surface area contributed by atoms with Crippen molar-refractivity contribution in [1.29, 1.82) is 0 Å². The molecule has 0 aromatic carbocycles. The van der Waals surface area contributed by atoms with Crippen molar-refractivity contribution in [2.24, 2.45) is 0 Å². The molecule has 1 aliphatic rings. The monoisotopic (exact) mass is 241 g/mol. The van der Waals surface area contributed by atoms with Crippen LogP contribution in [0.25, 0.3) is 0 Å². The van der Waals surface area contributed by atoms with E-state index in [1.54, 1.807) is 18.0 Å². The average Bonchev–Trinajstić information content (AvgIpc) is 2.67. The van der Waals surface area contributed by atoms with Crippen LogP contribution in [-0.4, -0.2) is 42.1 Å². The van der Waals surface area contributed by atoms with Gasteiger partial charge in [0.25, 0.3) is 5.88 Å². The third-order valence-electron chi connectivity index (χ3n) is 2.51. The van der Waals surface area contributed by atoms with Crippen molar-refractivity contribution in [1.82, 2.24) is 9.78 Å². The summed E-state index contributed by atoms with van der Waals surface area (Å²) >= 11 is 0. The lowest BCUT2D eigenvalue weighted by Crippen LogP contribution is -2.46. The van der Waals surface area contributed by atoms with Crippen LogP contribution in [0.15, 0.2) is 6.20 Å². The first-order valence-electron chi connectivity index (χ1n) is 5.29. The van der Waals surface area contributed by atoms with Crippen molar-refractivity contribution in [3.05, 3.63) is 6.20 Å². The van der Waals surface area contributed by atoms with Crippen molar-refractivity contribution in [3.63, 3.8) is 0 Å². The molecule has 1 amide bonds. The Kier molecular flexibility index (Phi) is 3.60. The topological polar surface area (TPSA) is 74.6 Å². The van der Waals surface area contributed by atoms with E-state index in [1.807, 2.05) is 6.92 Å². The number of methoxy groups -OCH3 is 1. The third kappa shape index (κ3) is 2.56. The van der Waals surface area contributed by atoms with Gasteiger partial charge in [0.05, 0.1) is 18.9 Å². The molecule has 0 bridgehead atoms. The Morgan fingerprint density at radius 3 is 3.12 bits per heavy atom. The van der Waals surface area contributed by atoms with E-state index in [0.29, 0.717) is 31.3 Å². The fourth-order valence-electron chi connectivity index (χ4n) is 1.49. The molecule has 1 aromatic rings. The van der Waals surface area contributed by atoms with Crippen LogP contribution in [0.2, 0.25) is 0 Å². The molecular weight excluding hydrogens is 226 g/mol. The highest BCUT2D eigenvalue weighted by molar-refractivity contribution is 5.73. The first-order valence-corrected chi connectivity index (χ1v) is 5.29. The van der Waals surface area contributed by atoms with Crippen LogP contribution in [0, 0.1) is 0 Å². The van der Waals surface area contributed by atoms with E-state index in [9.17, 15) is 4.79 Å². The molecule has 94 valence electrons. The number of nitrogens with zero attached hydrogens (tertiary/aromatic N) is 2. The summed E-state index contributed by atoms with van der Waals surface area (Å²) < 4.78 is 17.3. The molecule has 2 rings (SSSR count). The average molecular weight is 241 g/mol. The molecular formula is C10H15N3O4. The van der Waals surface area contributed by atoms with Gasteiger partial charge in [0.15, 0.2) is 0 Å². The summed E-state index contributed by atoms with van der Waals surface area (Å²) in [5, 5.41) is 6.71. The predicted octanol–water partition coefficient (Wildman–Crippen LogP) is 0.221. The van der Waals surface area contributed by atoms with Gasteiger partial charge in [0.2, 0.25) is 6.41 Å². The molecule has 2 atom stereocenters. The molecule has 1 saturated heterocycles. The molecule has 0 saturated carbocycles. The standard InChI is InChI=1S/C10H15N3O4/c1-7-9(4-16-7)17-10-8(11-5-14)3-13(12-10)6-15-2/h3,5,7,9H,4,6H2,1-2H3,(H,11,14)/t7-,9+/m1/s1. The Labute approximate surface area is 98.6 Å². The quantitative estimate of drug-likeness (QED) is 0.721. The van der Waals surface area contributed by atoms with Crippen LogP contribution in [0.5, 0.6) is 5.88 Å². The van der Waals surface area contributed by atoms with Gasteiger partial charge in [-0.25, -0.2) is 4.68 Å². The van der Waals surface area contributed by atoms with Gasteiger partial charge in [-0.15, -0.1) is 5.10 Å². The fourth-order valence-corrected chi connectivity index (χ4v) is 1.49. The molecule has 1 fully saturated rings. The lowest BCUT2D eigenvalue weighted by molar-refractivity contribution is -0.140. The van der Waals surface area contributed by atoms with E-state index in [0.717, 1.165) is 0 Å². The van der Waals surface area contributed by atoms with Gasteiger partial charge in [-0.3, -0.25) is 4.79 Å². The fraction of sp³-hybridized carbons (Fsp3) is 0.600. The van der Waals surface area contributed by atoms with Crippen molar-refractivity contribution in [2.45, 2.75) is 25.9 Å². The predicted molar refractivity (Wildman–Crippen MR) is 58.8 cm³/mol. The molecule has 0 aliphatic carbocycles. The maximum Gasteiger partial charge on any atom is 0.257 e. The molecule has 1 N–H and O–H groups in total. The molecule has 0 unspecified atom stereocenters. The summed E-state index contributed by atoms with van der Waals surface area (Å²) in [5.74, 6) is 0.384. The highest BCUT2D eigenvalue weighted by Gasteiger charge is 2.31. The third-order valence-corrected chi connectivity index (χ3v) is 2.51. The number of rotatable bonds is 6. The summed E-state index contributed by atoms with van der Waals surface area (Å²) in [5.41, 5.74) is 0.524. The zero-order valence-corrected chi connectivity index (χ0v) is 9.75. The minimum Gasteiger partial charge on any atom is -0.467 e. The first kappa shape index (κ1) is 11.9. The van der Waals surface area contributed by atoms with E-state index >= 15 is 0 Å².